The Morgan fingerprint density at radius 1 is 0.453 bits per heavy atom. The third kappa shape index (κ3) is 31.7. The molecule has 0 bridgehead atoms. The Kier molecular flexibility index (Phi) is 33.1. The lowest BCUT2D eigenvalue weighted by Crippen LogP contribution is -2.42. The van der Waals surface area contributed by atoms with Crippen molar-refractivity contribution in [2.45, 2.75) is 155 Å². The van der Waals surface area contributed by atoms with Crippen LogP contribution < -0.4 is 0 Å². The van der Waals surface area contributed by atoms with Crippen molar-refractivity contribution in [3.63, 3.8) is 0 Å². The molecule has 0 unspecified atom stereocenters. The predicted molar refractivity (Wildman–Crippen MR) is 202 cm³/mol. The first-order chi connectivity index (χ1) is 25.7. The lowest BCUT2D eigenvalue weighted by Gasteiger charge is -2.30. The monoisotopic (exact) mass is 752 g/mol. The van der Waals surface area contributed by atoms with Crippen LogP contribution in [0.2, 0.25) is 0 Å². The van der Waals surface area contributed by atoms with Gasteiger partial charge in [-0.3, -0.25) is 24.0 Å². The number of aliphatic hydroxyl groups is 1. The van der Waals surface area contributed by atoms with Crippen LogP contribution in [-0.4, -0.2) is 80.9 Å². The van der Waals surface area contributed by atoms with Crippen molar-refractivity contribution in [2.24, 2.45) is 5.41 Å². The van der Waals surface area contributed by atoms with Gasteiger partial charge in [-0.15, -0.1) is 0 Å². The van der Waals surface area contributed by atoms with E-state index in [1.165, 1.54) is 25.7 Å². The molecule has 0 rings (SSSR count). The minimum Gasteiger partial charge on any atom is -0.465 e. The van der Waals surface area contributed by atoms with Gasteiger partial charge in [0.25, 0.3) is 0 Å². The Labute approximate surface area is 317 Å². The number of aliphatic hydroxyl groups excluding tert-OH is 1. The Bertz CT molecular complexity index is 990. The Morgan fingerprint density at radius 2 is 0.774 bits per heavy atom. The highest BCUT2D eigenvalue weighted by molar-refractivity contribution is 5.71. The fourth-order valence-electron chi connectivity index (χ4n) is 4.88. The molecular weight excluding hydrogens is 684 g/mol. The lowest BCUT2D eigenvalue weighted by molar-refractivity contribution is -0.165. The van der Waals surface area contributed by atoms with Gasteiger partial charge in [0.2, 0.25) is 0 Å². The average molecular weight is 753 g/mol. The summed E-state index contributed by atoms with van der Waals surface area (Å²) in [6.45, 7) is 3.23. The van der Waals surface area contributed by atoms with Gasteiger partial charge in [-0.05, 0) is 77.0 Å². The van der Waals surface area contributed by atoms with Crippen LogP contribution in [0.15, 0.2) is 24.3 Å². The third-order valence-electron chi connectivity index (χ3n) is 8.31. The van der Waals surface area contributed by atoms with E-state index in [-0.39, 0.29) is 63.9 Å². The summed E-state index contributed by atoms with van der Waals surface area (Å²) in [7, 11) is 0. The van der Waals surface area contributed by atoms with Crippen molar-refractivity contribution in [3.05, 3.63) is 24.3 Å². The minimum atomic E-state index is -1.40. The number of esters is 5. The van der Waals surface area contributed by atoms with Crippen LogP contribution >= 0.6 is 0 Å². The van der Waals surface area contributed by atoms with Gasteiger partial charge in [-0.2, -0.15) is 0 Å². The highest BCUT2D eigenvalue weighted by atomic mass is 16.6. The summed E-state index contributed by atoms with van der Waals surface area (Å²) in [5.74, 6) is -2.38. The van der Waals surface area contributed by atoms with E-state index in [1.807, 2.05) is 12.2 Å². The molecule has 0 fully saturated rings. The van der Waals surface area contributed by atoms with Crippen molar-refractivity contribution in [1.29, 1.82) is 0 Å². The van der Waals surface area contributed by atoms with Crippen molar-refractivity contribution < 1.29 is 57.6 Å². The first-order valence-electron chi connectivity index (χ1n) is 19.8. The van der Waals surface area contributed by atoms with E-state index in [1.54, 1.807) is 0 Å². The van der Waals surface area contributed by atoms with Gasteiger partial charge in [0.05, 0.1) is 25.2 Å². The fraction of sp³-hybridized carbons (Fsp3) is 0.756. The average Bonchev–Trinajstić information content (AvgIpc) is 3.15. The molecule has 12 heteroatoms. The number of allylic oxidation sites excluding steroid dienone is 2. The summed E-state index contributed by atoms with van der Waals surface area (Å²) in [6.07, 6.45) is 22.8. The number of carbonyl (C=O) groups excluding carboxylic acids is 6. The number of rotatable bonds is 36. The molecule has 0 amide bonds. The van der Waals surface area contributed by atoms with Crippen molar-refractivity contribution in [3.8, 4) is 0 Å². The molecule has 0 radical (unpaired) electrons. The minimum absolute atomic E-state index is 0.0176. The van der Waals surface area contributed by atoms with Crippen molar-refractivity contribution in [1.82, 2.24) is 0 Å². The van der Waals surface area contributed by atoms with Gasteiger partial charge < -0.3 is 33.6 Å². The maximum absolute atomic E-state index is 12.5. The number of hydrogen-bond acceptors (Lipinski definition) is 12. The summed E-state index contributed by atoms with van der Waals surface area (Å²) < 4.78 is 26.6. The molecular formula is C41H68O12. The highest BCUT2D eigenvalue weighted by Crippen LogP contribution is 2.21. The summed E-state index contributed by atoms with van der Waals surface area (Å²) >= 11 is 0. The number of unbranched alkanes of at least 4 members (excludes halogenated alkanes) is 10. The van der Waals surface area contributed by atoms with E-state index >= 15 is 0 Å². The molecule has 0 atom stereocenters. The SMILES string of the molecule is CCCCC/C=C\CCOC(=O)CCCCC(=O)OCC(CO)(COC(=O)CCCCC=O)COC(=O)CCCCC(=O)OCC/C=C\CCCCC. The normalized spacial score (nSPS) is 11.5. The second-order valence-corrected chi connectivity index (χ2v) is 13.4. The molecule has 0 heterocycles. The first kappa shape index (κ1) is 49.5. The number of carbonyl (C=O) groups is 6. The van der Waals surface area contributed by atoms with E-state index < -0.39 is 29.9 Å². The summed E-state index contributed by atoms with van der Waals surface area (Å²) in [5, 5.41) is 10.3. The molecule has 0 aliphatic carbocycles. The van der Waals surface area contributed by atoms with Crippen molar-refractivity contribution >= 4 is 36.1 Å². The van der Waals surface area contributed by atoms with E-state index in [4.69, 9.17) is 23.7 Å². The molecule has 304 valence electrons. The predicted octanol–water partition coefficient (Wildman–Crippen LogP) is 7.61. The van der Waals surface area contributed by atoms with Gasteiger partial charge in [-0.1, -0.05) is 63.8 Å². The quantitative estimate of drug-likeness (QED) is 0.0219. The van der Waals surface area contributed by atoms with E-state index in [9.17, 15) is 33.9 Å². The topological polar surface area (TPSA) is 169 Å². The van der Waals surface area contributed by atoms with Gasteiger partial charge in [0.15, 0.2) is 0 Å². The molecule has 1 N–H and O–H groups in total. The molecule has 0 aliphatic rings. The zero-order valence-electron chi connectivity index (χ0n) is 32.6. The van der Waals surface area contributed by atoms with Crippen LogP contribution in [0.5, 0.6) is 0 Å². The molecule has 0 spiro atoms. The van der Waals surface area contributed by atoms with Crippen LogP contribution in [0.4, 0.5) is 0 Å². The molecule has 0 aromatic carbocycles. The van der Waals surface area contributed by atoms with Gasteiger partial charge in [0.1, 0.15) is 26.1 Å². The summed E-state index contributed by atoms with van der Waals surface area (Å²) in [6, 6.07) is 0. The second kappa shape index (κ2) is 35.5. The van der Waals surface area contributed by atoms with Crippen LogP contribution in [0.3, 0.4) is 0 Å². The largest absolute Gasteiger partial charge is 0.465 e. The fourth-order valence-corrected chi connectivity index (χ4v) is 4.88. The van der Waals surface area contributed by atoms with E-state index in [0.29, 0.717) is 71.0 Å². The second-order valence-electron chi connectivity index (χ2n) is 13.4. The highest BCUT2D eigenvalue weighted by Gasteiger charge is 2.35. The molecule has 0 aromatic heterocycles. The standard InChI is InChI=1S/C41H68O12/c1-3-5-7-9-11-13-22-30-49-36(44)25-17-19-27-39(47)52-34-41(32-43,33-51-38(46)24-16-15-21-29-42)35-53-40(48)28-20-18-26-37(45)50-31-23-14-12-10-8-6-4-2/h11-14,29,43H,3-10,15-28,30-35H2,1-2H3/b13-11-,14-12-. The number of hydrogen-bond donors (Lipinski definition) is 1. The summed E-state index contributed by atoms with van der Waals surface area (Å²) in [4.78, 5) is 71.9. The Balaban J connectivity index is 4.68. The Hall–Kier alpha value is -3.54. The molecule has 0 saturated carbocycles. The van der Waals surface area contributed by atoms with Crippen LogP contribution in [0.1, 0.15) is 155 Å². The maximum Gasteiger partial charge on any atom is 0.305 e. The van der Waals surface area contributed by atoms with E-state index in [2.05, 4.69) is 26.0 Å². The lowest BCUT2D eigenvalue weighted by atomic mass is 9.92. The molecule has 0 aromatic rings. The van der Waals surface area contributed by atoms with Crippen LogP contribution in [-0.2, 0) is 52.5 Å². The zero-order chi connectivity index (χ0) is 39.3. The molecule has 0 saturated heterocycles. The van der Waals surface area contributed by atoms with Gasteiger partial charge in [0, 0.05) is 38.5 Å². The first-order valence-corrected chi connectivity index (χ1v) is 19.8. The maximum atomic E-state index is 12.5. The zero-order valence-corrected chi connectivity index (χ0v) is 32.6. The molecule has 0 aliphatic heterocycles. The molecule has 53 heavy (non-hydrogen) atoms. The van der Waals surface area contributed by atoms with E-state index in [0.717, 1.165) is 32.0 Å². The smallest absolute Gasteiger partial charge is 0.305 e. The summed E-state index contributed by atoms with van der Waals surface area (Å²) in [5.41, 5.74) is -1.40. The van der Waals surface area contributed by atoms with Crippen molar-refractivity contribution in [2.75, 3.05) is 39.6 Å². The van der Waals surface area contributed by atoms with Gasteiger partial charge >= 0.3 is 29.8 Å². The van der Waals surface area contributed by atoms with Crippen LogP contribution in [0.25, 0.3) is 0 Å². The third-order valence-corrected chi connectivity index (χ3v) is 8.31. The van der Waals surface area contributed by atoms with Gasteiger partial charge in [-0.25, -0.2) is 0 Å². The number of aldehydes is 1. The molecule has 12 nitrogen and oxygen atoms in total. The Morgan fingerprint density at radius 3 is 1.11 bits per heavy atom. The number of ether oxygens (including phenoxy) is 5. The van der Waals surface area contributed by atoms with Crippen LogP contribution in [0, 0.1) is 5.41 Å².